The Morgan fingerprint density at radius 3 is 2.72 bits per heavy atom. The Kier molecular flexibility index (Phi) is 4.00. The lowest BCUT2D eigenvalue weighted by Crippen LogP contribution is -2.51. The number of carbonyl (C=O) groups excluding carboxylic acids is 2. The summed E-state index contributed by atoms with van der Waals surface area (Å²) in [5.74, 6) is 0.301. The second-order valence-corrected chi connectivity index (χ2v) is 8.00. The number of rotatable bonds is 3. The fraction of sp³-hybridized carbons (Fsp3) is 0.130. The summed E-state index contributed by atoms with van der Waals surface area (Å²) in [6, 6.07) is 13.8. The van der Waals surface area contributed by atoms with E-state index >= 15 is 0 Å². The molecule has 9 heteroatoms. The van der Waals surface area contributed by atoms with Gasteiger partial charge in [-0.25, -0.2) is 0 Å². The maximum absolute atomic E-state index is 13.7. The minimum atomic E-state index is -1.15. The molecule has 1 saturated heterocycles. The molecule has 1 unspecified atom stereocenters. The van der Waals surface area contributed by atoms with Gasteiger partial charge in [-0.1, -0.05) is 28.9 Å². The topological polar surface area (TPSA) is 92.7 Å². The molecule has 0 radical (unpaired) electrons. The van der Waals surface area contributed by atoms with Crippen LogP contribution < -0.4 is 0 Å². The fourth-order valence-corrected chi connectivity index (χ4v) is 4.79. The molecule has 3 aromatic heterocycles. The largest absolute Gasteiger partial charge is 0.461 e. The van der Waals surface area contributed by atoms with Gasteiger partial charge in [0.25, 0.3) is 11.8 Å². The van der Waals surface area contributed by atoms with E-state index in [9.17, 15) is 9.59 Å². The Hall–Kier alpha value is -3.91. The lowest BCUT2D eigenvalue weighted by Gasteiger charge is -2.39. The predicted octanol–water partition coefficient (Wildman–Crippen LogP) is 3.80. The van der Waals surface area contributed by atoms with Crippen LogP contribution in [0.2, 0.25) is 5.02 Å². The third-order valence-electron chi connectivity index (χ3n) is 5.99. The average Bonchev–Trinajstić information content (AvgIpc) is 3.60. The van der Waals surface area contributed by atoms with E-state index < -0.39 is 5.66 Å². The molecule has 4 aromatic rings. The standard InChI is InChI=1S/C23H15ClN4O4/c24-15-5-3-14(4-6-15)23-17-13-25-8-7-16(17)21(29)27(23)9-10-28(23)22(30)18-12-20(32-26-18)19-2-1-11-31-19/h1-8,11-13H,9-10H2. The smallest absolute Gasteiger partial charge is 0.278 e. The maximum atomic E-state index is 13.7. The van der Waals surface area contributed by atoms with Gasteiger partial charge in [-0.15, -0.1) is 0 Å². The Morgan fingerprint density at radius 2 is 1.94 bits per heavy atom. The molecule has 2 aliphatic rings. The zero-order valence-corrected chi connectivity index (χ0v) is 17.3. The van der Waals surface area contributed by atoms with Gasteiger partial charge in [0.15, 0.2) is 17.1 Å². The van der Waals surface area contributed by atoms with E-state index in [4.69, 9.17) is 20.5 Å². The third-order valence-corrected chi connectivity index (χ3v) is 6.24. The van der Waals surface area contributed by atoms with E-state index in [1.54, 1.807) is 58.6 Å². The van der Waals surface area contributed by atoms with E-state index in [0.29, 0.717) is 40.8 Å². The minimum absolute atomic E-state index is 0.122. The van der Waals surface area contributed by atoms with Gasteiger partial charge in [0.1, 0.15) is 0 Å². The number of furan rings is 1. The SMILES string of the molecule is O=C(c1cc(-c2ccco2)on1)N1CCN2C(=O)c3ccncc3C12c1ccc(Cl)cc1. The summed E-state index contributed by atoms with van der Waals surface area (Å²) in [6.07, 6.45) is 4.74. The van der Waals surface area contributed by atoms with Crippen molar-refractivity contribution in [1.82, 2.24) is 19.9 Å². The zero-order valence-electron chi connectivity index (χ0n) is 16.6. The molecule has 1 aromatic carbocycles. The lowest BCUT2D eigenvalue weighted by atomic mass is 9.91. The second kappa shape index (κ2) is 6.80. The first-order chi connectivity index (χ1) is 15.6. The van der Waals surface area contributed by atoms with Crippen molar-refractivity contribution in [2.24, 2.45) is 0 Å². The first-order valence-corrected chi connectivity index (χ1v) is 10.3. The summed E-state index contributed by atoms with van der Waals surface area (Å²) < 4.78 is 10.7. The van der Waals surface area contributed by atoms with Crippen LogP contribution in [-0.2, 0) is 5.66 Å². The number of fused-ring (bicyclic) bond motifs is 3. The maximum Gasteiger partial charge on any atom is 0.278 e. The molecular weight excluding hydrogens is 432 g/mol. The highest BCUT2D eigenvalue weighted by atomic mass is 35.5. The normalized spacial score (nSPS) is 19.3. The molecule has 1 fully saturated rings. The fourth-order valence-electron chi connectivity index (χ4n) is 4.66. The number of nitrogens with zero attached hydrogens (tertiary/aromatic N) is 4. The summed E-state index contributed by atoms with van der Waals surface area (Å²) in [4.78, 5) is 34.6. The molecule has 0 saturated carbocycles. The highest BCUT2D eigenvalue weighted by Gasteiger charge is 2.60. The van der Waals surface area contributed by atoms with Crippen LogP contribution in [0.3, 0.4) is 0 Å². The highest BCUT2D eigenvalue weighted by molar-refractivity contribution is 6.30. The number of hydrogen-bond donors (Lipinski definition) is 0. The Balaban J connectivity index is 1.51. The van der Waals surface area contributed by atoms with E-state index in [-0.39, 0.29) is 17.5 Å². The summed E-state index contributed by atoms with van der Waals surface area (Å²) in [5, 5.41) is 4.54. The number of pyridine rings is 1. The van der Waals surface area contributed by atoms with Gasteiger partial charge in [0.05, 0.1) is 11.8 Å². The molecule has 158 valence electrons. The average molecular weight is 447 g/mol. The van der Waals surface area contributed by atoms with Crippen molar-refractivity contribution in [3.05, 3.63) is 94.6 Å². The van der Waals surface area contributed by atoms with Gasteiger partial charge in [-0.2, -0.15) is 0 Å². The van der Waals surface area contributed by atoms with Gasteiger partial charge in [0.2, 0.25) is 5.76 Å². The summed E-state index contributed by atoms with van der Waals surface area (Å²) in [5.41, 5.74) is 0.877. The first kappa shape index (κ1) is 18.8. The van der Waals surface area contributed by atoms with Crippen LogP contribution in [-0.4, -0.2) is 44.8 Å². The number of benzene rings is 1. The lowest BCUT2D eigenvalue weighted by molar-refractivity contribution is 0.0368. The van der Waals surface area contributed by atoms with Crippen molar-refractivity contribution in [3.63, 3.8) is 0 Å². The molecule has 0 N–H and O–H groups in total. The van der Waals surface area contributed by atoms with Gasteiger partial charge >= 0.3 is 0 Å². The molecule has 5 heterocycles. The molecular formula is C23H15ClN4O4. The van der Waals surface area contributed by atoms with E-state index in [0.717, 1.165) is 5.56 Å². The molecule has 32 heavy (non-hydrogen) atoms. The molecule has 0 spiro atoms. The Bertz CT molecular complexity index is 1350. The molecule has 0 aliphatic carbocycles. The van der Waals surface area contributed by atoms with Crippen molar-refractivity contribution >= 4 is 23.4 Å². The number of aromatic nitrogens is 2. The molecule has 0 bridgehead atoms. The Morgan fingerprint density at radius 1 is 1.09 bits per heavy atom. The van der Waals surface area contributed by atoms with Crippen LogP contribution in [0.5, 0.6) is 0 Å². The second-order valence-electron chi connectivity index (χ2n) is 7.57. The molecule has 8 nitrogen and oxygen atoms in total. The minimum Gasteiger partial charge on any atom is -0.461 e. The van der Waals surface area contributed by atoms with E-state index in [2.05, 4.69) is 10.1 Å². The van der Waals surface area contributed by atoms with Gasteiger partial charge in [0, 0.05) is 47.7 Å². The number of halogens is 1. The molecule has 2 aliphatic heterocycles. The van der Waals surface area contributed by atoms with Crippen LogP contribution >= 0.6 is 11.6 Å². The van der Waals surface area contributed by atoms with Crippen molar-refractivity contribution in [2.75, 3.05) is 13.1 Å². The van der Waals surface area contributed by atoms with E-state index in [1.165, 1.54) is 6.26 Å². The van der Waals surface area contributed by atoms with Crippen molar-refractivity contribution in [2.45, 2.75) is 5.66 Å². The van der Waals surface area contributed by atoms with Gasteiger partial charge < -0.3 is 18.7 Å². The number of carbonyl (C=O) groups is 2. The summed E-state index contributed by atoms with van der Waals surface area (Å²) in [6.45, 7) is 0.690. The third kappa shape index (κ3) is 2.44. The summed E-state index contributed by atoms with van der Waals surface area (Å²) >= 11 is 6.13. The quantitative estimate of drug-likeness (QED) is 0.475. The molecule has 6 rings (SSSR count). The van der Waals surface area contributed by atoms with Crippen molar-refractivity contribution in [3.8, 4) is 11.5 Å². The van der Waals surface area contributed by atoms with E-state index in [1.807, 2.05) is 12.1 Å². The van der Waals surface area contributed by atoms with Crippen LogP contribution in [0.25, 0.3) is 11.5 Å². The van der Waals surface area contributed by atoms with Gasteiger partial charge in [-0.05, 0) is 30.3 Å². The molecule has 1 atom stereocenters. The van der Waals surface area contributed by atoms with Crippen LogP contribution in [0, 0.1) is 0 Å². The highest BCUT2D eigenvalue weighted by Crippen LogP contribution is 2.50. The number of hydrogen-bond acceptors (Lipinski definition) is 6. The first-order valence-electron chi connectivity index (χ1n) is 9.96. The Labute approximate surface area is 187 Å². The van der Waals surface area contributed by atoms with Crippen molar-refractivity contribution < 1.29 is 18.5 Å². The number of amides is 2. The zero-order chi connectivity index (χ0) is 21.9. The van der Waals surface area contributed by atoms with Crippen molar-refractivity contribution in [1.29, 1.82) is 0 Å². The molecule has 2 amide bonds. The predicted molar refractivity (Wildman–Crippen MR) is 113 cm³/mol. The van der Waals surface area contributed by atoms with Crippen LogP contribution in [0.1, 0.15) is 32.0 Å². The van der Waals surface area contributed by atoms with Gasteiger partial charge in [-0.3, -0.25) is 14.6 Å². The van der Waals surface area contributed by atoms with Crippen LogP contribution in [0.4, 0.5) is 0 Å². The summed E-state index contributed by atoms with van der Waals surface area (Å²) in [7, 11) is 0. The monoisotopic (exact) mass is 446 g/mol. The van der Waals surface area contributed by atoms with Crippen LogP contribution in [0.15, 0.2) is 76.1 Å².